The lowest BCUT2D eigenvalue weighted by Gasteiger charge is -2.15. The highest BCUT2D eigenvalue weighted by atomic mass is 16.1. The van der Waals surface area contributed by atoms with Crippen molar-refractivity contribution in [3.05, 3.63) is 23.8 Å². The van der Waals surface area contributed by atoms with E-state index >= 15 is 0 Å². The van der Waals surface area contributed by atoms with Gasteiger partial charge >= 0.3 is 0 Å². The van der Waals surface area contributed by atoms with Crippen LogP contribution in [0.3, 0.4) is 0 Å². The van der Waals surface area contributed by atoms with Crippen molar-refractivity contribution in [1.82, 2.24) is 0 Å². The van der Waals surface area contributed by atoms with Crippen LogP contribution < -0.4 is 10.6 Å². The quantitative estimate of drug-likeness (QED) is 0.804. The van der Waals surface area contributed by atoms with E-state index in [0.29, 0.717) is 0 Å². The monoisotopic (exact) mass is 248 g/mol. The number of rotatable bonds is 6. The number of amides is 1. The van der Waals surface area contributed by atoms with Crippen LogP contribution in [0.15, 0.2) is 18.2 Å². The number of carbonyl (C=O) groups excluding carboxylic acids is 1. The van der Waals surface area contributed by atoms with Gasteiger partial charge in [0.2, 0.25) is 5.91 Å². The zero-order valence-corrected chi connectivity index (χ0v) is 11.8. The van der Waals surface area contributed by atoms with E-state index in [1.54, 1.807) is 0 Å². The SMILES string of the molecule is CCC(CC)CNc1ccc(NC(C)=O)c(C)c1. The Hall–Kier alpha value is -1.51. The molecule has 0 fully saturated rings. The normalized spacial score (nSPS) is 10.5. The van der Waals surface area contributed by atoms with E-state index in [1.165, 1.54) is 19.8 Å². The standard InChI is InChI=1S/C15H24N2O/c1-5-13(6-2)10-16-14-7-8-15(11(3)9-14)17-12(4)18/h7-9,13,16H,5-6,10H2,1-4H3,(H,17,18). The number of hydrogen-bond acceptors (Lipinski definition) is 2. The third-order valence-electron chi connectivity index (χ3n) is 3.29. The summed E-state index contributed by atoms with van der Waals surface area (Å²) in [7, 11) is 0. The molecular weight excluding hydrogens is 224 g/mol. The molecule has 0 unspecified atom stereocenters. The van der Waals surface area contributed by atoms with Crippen molar-refractivity contribution >= 4 is 17.3 Å². The second-order valence-electron chi connectivity index (χ2n) is 4.77. The first-order valence-electron chi connectivity index (χ1n) is 6.68. The molecule has 1 rings (SSSR count). The smallest absolute Gasteiger partial charge is 0.221 e. The fourth-order valence-electron chi connectivity index (χ4n) is 1.94. The first-order valence-corrected chi connectivity index (χ1v) is 6.68. The van der Waals surface area contributed by atoms with Gasteiger partial charge in [-0.2, -0.15) is 0 Å². The highest BCUT2D eigenvalue weighted by Gasteiger charge is 2.04. The Balaban J connectivity index is 2.63. The van der Waals surface area contributed by atoms with Crippen LogP contribution in [0.2, 0.25) is 0 Å². The summed E-state index contributed by atoms with van der Waals surface area (Å²) >= 11 is 0. The van der Waals surface area contributed by atoms with Gasteiger partial charge in [-0.1, -0.05) is 26.7 Å². The highest BCUT2D eigenvalue weighted by Crippen LogP contribution is 2.20. The number of carbonyl (C=O) groups is 1. The van der Waals surface area contributed by atoms with Gasteiger partial charge in [-0.3, -0.25) is 4.79 Å². The van der Waals surface area contributed by atoms with Crippen LogP contribution in [-0.4, -0.2) is 12.5 Å². The Kier molecular flexibility index (Phi) is 5.69. The molecule has 0 atom stereocenters. The van der Waals surface area contributed by atoms with Crippen molar-refractivity contribution in [3.8, 4) is 0 Å². The molecule has 1 aromatic carbocycles. The average Bonchev–Trinajstić information content (AvgIpc) is 2.33. The summed E-state index contributed by atoms with van der Waals surface area (Å²) in [6, 6.07) is 6.04. The fraction of sp³-hybridized carbons (Fsp3) is 0.533. The lowest BCUT2D eigenvalue weighted by atomic mass is 10.0. The summed E-state index contributed by atoms with van der Waals surface area (Å²) in [6.07, 6.45) is 2.40. The van der Waals surface area contributed by atoms with Crippen molar-refractivity contribution in [3.63, 3.8) is 0 Å². The molecular formula is C15H24N2O. The van der Waals surface area contributed by atoms with Crippen LogP contribution in [0.1, 0.15) is 39.2 Å². The molecule has 0 radical (unpaired) electrons. The van der Waals surface area contributed by atoms with E-state index in [-0.39, 0.29) is 5.91 Å². The van der Waals surface area contributed by atoms with E-state index in [2.05, 4.69) is 30.5 Å². The number of benzene rings is 1. The van der Waals surface area contributed by atoms with E-state index in [0.717, 1.165) is 29.4 Å². The molecule has 18 heavy (non-hydrogen) atoms. The second-order valence-corrected chi connectivity index (χ2v) is 4.77. The number of aryl methyl sites for hydroxylation is 1. The molecule has 0 bridgehead atoms. The summed E-state index contributed by atoms with van der Waals surface area (Å²) in [5.74, 6) is 0.691. The third kappa shape index (κ3) is 4.40. The maximum atomic E-state index is 11.0. The van der Waals surface area contributed by atoms with Crippen molar-refractivity contribution in [1.29, 1.82) is 0 Å². The first-order chi connectivity index (χ1) is 8.56. The molecule has 3 heteroatoms. The first kappa shape index (κ1) is 14.6. The highest BCUT2D eigenvalue weighted by molar-refractivity contribution is 5.89. The van der Waals surface area contributed by atoms with Gasteiger partial charge in [-0.25, -0.2) is 0 Å². The van der Waals surface area contributed by atoms with Crippen LogP contribution in [0.5, 0.6) is 0 Å². The zero-order valence-electron chi connectivity index (χ0n) is 11.8. The van der Waals surface area contributed by atoms with Crippen molar-refractivity contribution in [2.24, 2.45) is 5.92 Å². The van der Waals surface area contributed by atoms with Gasteiger partial charge in [0.05, 0.1) is 0 Å². The Labute approximate surface area is 110 Å². The number of hydrogen-bond donors (Lipinski definition) is 2. The molecule has 2 N–H and O–H groups in total. The molecule has 0 spiro atoms. The Morgan fingerprint density at radius 1 is 1.28 bits per heavy atom. The molecule has 1 amide bonds. The average molecular weight is 248 g/mol. The zero-order chi connectivity index (χ0) is 13.5. The summed E-state index contributed by atoms with van der Waals surface area (Å²) in [6.45, 7) is 8.99. The minimum absolute atomic E-state index is 0.0316. The van der Waals surface area contributed by atoms with Crippen LogP contribution in [-0.2, 0) is 4.79 Å². The molecule has 0 aliphatic heterocycles. The van der Waals surface area contributed by atoms with Crippen molar-refractivity contribution in [2.45, 2.75) is 40.5 Å². The molecule has 100 valence electrons. The maximum absolute atomic E-state index is 11.0. The largest absolute Gasteiger partial charge is 0.385 e. The molecule has 1 aromatic rings. The number of anilines is 2. The molecule has 0 aliphatic carbocycles. The fourth-order valence-corrected chi connectivity index (χ4v) is 1.94. The summed E-state index contributed by atoms with van der Waals surface area (Å²) in [4.78, 5) is 11.0. The predicted octanol–water partition coefficient (Wildman–Crippen LogP) is 3.80. The summed E-state index contributed by atoms with van der Waals surface area (Å²) < 4.78 is 0. The van der Waals surface area contributed by atoms with Gasteiger partial charge in [0.25, 0.3) is 0 Å². The van der Waals surface area contributed by atoms with Crippen LogP contribution >= 0.6 is 0 Å². The van der Waals surface area contributed by atoms with E-state index in [4.69, 9.17) is 0 Å². The molecule has 0 heterocycles. The Bertz CT molecular complexity index is 397. The van der Waals surface area contributed by atoms with Gasteiger partial charge in [0.15, 0.2) is 0 Å². The van der Waals surface area contributed by atoms with Gasteiger partial charge in [-0.15, -0.1) is 0 Å². The van der Waals surface area contributed by atoms with Gasteiger partial charge in [0.1, 0.15) is 0 Å². The van der Waals surface area contributed by atoms with E-state index in [9.17, 15) is 4.79 Å². The van der Waals surface area contributed by atoms with Crippen molar-refractivity contribution < 1.29 is 4.79 Å². The molecule has 0 saturated carbocycles. The van der Waals surface area contributed by atoms with E-state index < -0.39 is 0 Å². The van der Waals surface area contributed by atoms with Crippen LogP contribution in [0.4, 0.5) is 11.4 Å². The maximum Gasteiger partial charge on any atom is 0.221 e. The minimum atomic E-state index is -0.0316. The topological polar surface area (TPSA) is 41.1 Å². The summed E-state index contributed by atoms with van der Waals surface area (Å²) in [5.41, 5.74) is 3.09. The van der Waals surface area contributed by atoms with Gasteiger partial charge < -0.3 is 10.6 Å². The van der Waals surface area contributed by atoms with Crippen molar-refractivity contribution in [2.75, 3.05) is 17.2 Å². The Morgan fingerprint density at radius 3 is 2.44 bits per heavy atom. The number of nitrogens with one attached hydrogen (secondary N) is 2. The third-order valence-corrected chi connectivity index (χ3v) is 3.29. The molecule has 0 saturated heterocycles. The van der Waals surface area contributed by atoms with Crippen LogP contribution in [0.25, 0.3) is 0 Å². The summed E-state index contributed by atoms with van der Waals surface area (Å²) in [5, 5.41) is 6.28. The van der Waals surface area contributed by atoms with Gasteiger partial charge in [0, 0.05) is 24.8 Å². The molecule has 3 nitrogen and oxygen atoms in total. The minimum Gasteiger partial charge on any atom is -0.385 e. The van der Waals surface area contributed by atoms with Crippen LogP contribution in [0, 0.1) is 12.8 Å². The second kappa shape index (κ2) is 7.04. The van der Waals surface area contributed by atoms with E-state index in [1.807, 2.05) is 19.1 Å². The lowest BCUT2D eigenvalue weighted by molar-refractivity contribution is -0.114. The Morgan fingerprint density at radius 2 is 1.94 bits per heavy atom. The van der Waals surface area contributed by atoms with Gasteiger partial charge in [-0.05, 0) is 36.6 Å². The molecule has 0 aromatic heterocycles. The molecule has 0 aliphatic rings. The lowest BCUT2D eigenvalue weighted by Crippen LogP contribution is -2.13. The predicted molar refractivity (Wildman–Crippen MR) is 78.0 cm³/mol.